The average Bonchev–Trinajstić information content (AvgIpc) is 3.25. The molecule has 0 saturated heterocycles. The van der Waals surface area contributed by atoms with Gasteiger partial charge in [0.25, 0.3) is 0 Å². The molecule has 0 fully saturated rings. The maximum Gasteiger partial charge on any atom is 0.183 e. The number of aromatic nitrogens is 3. The first-order valence-corrected chi connectivity index (χ1v) is 9.72. The molecule has 0 spiro atoms. The van der Waals surface area contributed by atoms with E-state index in [1.807, 2.05) is 0 Å². The van der Waals surface area contributed by atoms with Gasteiger partial charge < -0.3 is 10.3 Å². The van der Waals surface area contributed by atoms with Crippen LogP contribution in [0.25, 0.3) is 22.4 Å². The molecule has 0 aliphatic rings. The van der Waals surface area contributed by atoms with Crippen molar-refractivity contribution in [2.75, 3.05) is 5.32 Å². The van der Waals surface area contributed by atoms with E-state index in [9.17, 15) is 0 Å². The molecule has 4 aromatic rings. The highest BCUT2D eigenvalue weighted by Gasteiger charge is 2.08. The number of hydrogen-bond acceptors (Lipinski definition) is 4. The van der Waals surface area contributed by atoms with Gasteiger partial charge in [-0.2, -0.15) is 0 Å². The second-order valence-electron chi connectivity index (χ2n) is 6.53. The largest absolute Gasteiger partial charge is 0.380 e. The van der Waals surface area contributed by atoms with E-state index in [0.717, 1.165) is 33.0 Å². The van der Waals surface area contributed by atoms with Crippen LogP contribution in [0.3, 0.4) is 0 Å². The molecule has 0 bridgehead atoms. The van der Waals surface area contributed by atoms with Crippen LogP contribution < -0.4 is 5.32 Å². The van der Waals surface area contributed by atoms with E-state index in [1.165, 1.54) is 16.9 Å². The molecule has 26 heavy (non-hydrogen) atoms. The second-order valence-corrected chi connectivity index (χ2v) is 8.22. The quantitative estimate of drug-likeness (QED) is 0.440. The lowest BCUT2D eigenvalue weighted by Crippen LogP contribution is -1.97. The molecule has 0 amide bonds. The number of benzene rings is 2. The average molecular weight is 383 g/mol. The van der Waals surface area contributed by atoms with E-state index in [1.54, 1.807) is 6.20 Å². The molecule has 0 radical (unpaired) electrons. The Morgan fingerprint density at radius 3 is 2.65 bits per heavy atom. The number of nitrogens with zero attached hydrogens (tertiary/aromatic N) is 2. The van der Waals surface area contributed by atoms with Gasteiger partial charge in [0.05, 0.1) is 17.6 Å². The maximum absolute atomic E-state index is 5.86. The van der Waals surface area contributed by atoms with E-state index in [4.69, 9.17) is 16.6 Å². The first-order chi connectivity index (χ1) is 12.6. The van der Waals surface area contributed by atoms with Crippen LogP contribution in [-0.4, -0.2) is 15.0 Å². The van der Waals surface area contributed by atoms with E-state index in [2.05, 4.69) is 71.6 Å². The van der Waals surface area contributed by atoms with Crippen molar-refractivity contribution in [3.05, 3.63) is 63.6 Å². The molecule has 0 unspecified atom stereocenters. The fraction of sp³-hybridized carbons (Fsp3) is 0.200. The van der Waals surface area contributed by atoms with Gasteiger partial charge in [0.2, 0.25) is 0 Å². The normalized spacial score (nSPS) is 11.4. The third-order valence-corrected chi connectivity index (χ3v) is 5.44. The number of rotatable bonds is 5. The number of thiazole rings is 1. The predicted octanol–water partition coefficient (Wildman–Crippen LogP) is 6.08. The highest BCUT2D eigenvalue weighted by atomic mass is 35.5. The third kappa shape index (κ3) is 3.59. The number of hydrogen-bond donors (Lipinski definition) is 2. The van der Waals surface area contributed by atoms with Crippen molar-refractivity contribution >= 4 is 39.7 Å². The Morgan fingerprint density at radius 1 is 1.15 bits per heavy atom. The van der Waals surface area contributed by atoms with E-state index in [-0.39, 0.29) is 0 Å². The third-order valence-electron chi connectivity index (χ3n) is 4.32. The van der Waals surface area contributed by atoms with Crippen LogP contribution in [0.5, 0.6) is 0 Å². The summed E-state index contributed by atoms with van der Waals surface area (Å²) in [4.78, 5) is 13.3. The van der Waals surface area contributed by atoms with Crippen molar-refractivity contribution in [2.24, 2.45) is 0 Å². The smallest absolute Gasteiger partial charge is 0.183 e. The number of aromatic amines is 1. The maximum atomic E-state index is 5.86. The Bertz CT molecular complexity index is 1030. The zero-order chi connectivity index (χ0) is 18.1. The Hall–Kier alpha value is -2.37. The minimum atomic E-state index is 0.505. The lowest BCUT2D eigenvalue weighted by Gasteiger charge is -2.05. The van der Waals surface area contributed by atoms with Gasteiger partial charge in [0.15, 0.2) is 4.47 Å². The lowest BCUT2D eigenvalue weighted by molar-refractivity contribution is 0.868. The van der Waals surface area contributed by atoms with Crippen LogP contribution in [0.1, 0.15) is 30.2 Å². The van der Waals surface area contributed by atoms with E-state index in [0.29, 0.717) is 16.9 Å². The van der Waals surface area contributed by atoms with Gasteiger partial charge in [-0.05, 0) is 47.9 Å². The molecule has 132 valence electrons. The molecule has 0 saturated carbocycles. The molecular formula is C20H19ClN4S. The van der Waals surface area contributed by atoms with Crippen LogP contribution in [0.15, 0.2) is 48.7 Å². The van der Waals surface area contributed by atoms with Gasteiger partial charge in [0, 0.05) is 22.3 Å². The Labute approximate surface area is 161 Å². The molecule has 0 atom stereocenters. The van der Waals surface area contributed by atoms with Gasteiger partial charge in [-0.3, -0.25) is 0 Å². The first-order valence-electron chi connectivity index (χ1n) is 8.52. The Morgan fingerprint density at radius 2 is 1.96 bits per heavy atom. The summed E-state index contributed by atoms with van der Waals surface area (Å²) in [5, 5.41) is 3.38. The molecule has 2 heterocycles. The van der Waals surface area contributed by atoms with Crippen LogP contribution >= 0.6 is 22.9 Å². The molecule has 2 N–H and O–H groups in total. The van der Waals surface area contributed by atoms with Gasteiger partial charge >= 0.3 is 0 Å². The van der Waals surface area contributed by atoms with Gasteiger partial charge in [-0.25, -0.2) is 9.97 Å². The second kappa shape index (κ2) is 7.09. The monoisotopic (exact) mass is 382 g/mol. The summed E-state index contributed by atoms with van der Waals surface area (Å²) in [5.41, 5.74) is 5.51. The molecule has 2 aromatic carbocycles. The minimum absolute atomic E-state index is 0.505. The van der Waals surface area contributed by atoms with E-state index < -0.39 is 0 Å². The zero-order valence-corrected chi connectivity index (χ0v) is 16.2. The van der Waals surface area contributed by atoms with Gasteiger partial charge in [-0.15, -0.1) is 11.3 Å². The van der Waals surface area contributed by atoms with Crippen molar-refractivity contribution < 1.29 is 0 Å². The number of anilines is 1. The predicted molar refractivity (Wildman–Crippen MR) is 110 cm³/mol. The zero-order valence-electron chi connectivity index (χ0n) is 14.6. The van der Waals surface area contributed by atoms with Crippen LogP contribution in [0, 0.1) is 0 Å². The standard InChI is InChI=1S/C20H19ClN4S/c1-12(2)14-5-8-17-18(9-14)25-19(24-17)13-3-6-15(7-4-13)22-10-16-11-23-20(21)26-16/h3-9,11-12,22H,10H2,1-2H3,(H,24,25). The molecule has 0 aliphatic heterocycles. The number of halogens is 1. The summed E-state index contributed by atoms with van der Waals surface area (Å²) < 4.78 is 0.572. The number of nitrogens with one attached hydrogen (secondary N) is 2. The fourth-order valence-electron chi connectivity index (χ4n) is 2.82. The van der Waals surface area contributed by atoms with Gasteiger partial charge in [0.1, 0.15) is 5.82 Å². The summed E-state index contributed by atoms with van der Waals surface area (Å²) in [7, 11) is 0. The lowest BCUT2D eigenvalue weighted by atomic mass is 10.0. The summed E-state index contributed by atoms with van der Waals surface area (Å²) >= 11 is 7.35. The Kier molecular flexibility index (Phi) is 4.66. The number of imidazole rings is 1. The molecule has 6 heteroatoms. The molecule has 0 aliphatic carbocycles. The topological polar surface area (TPSA) is 53.6 Å². The SMILES string of the molecule is CC(C)c1ccc2nc(-c3ccc(NCc4cnc(Cl)s4)cc3)[nH]c2c1. The van der Waals surface area contributed by atoms with Crippen molar-refractivity contribution in [3.63, 3.8) is 0 Å². The number of H-pyrrole nitrogens is 1. The van der Waals surface area contributed by atoms with Crippen LogP contribution in [0.4, 0.5) is 5.69 Å². The first kappa shape index (κ1) is 17.1. The summed E-state index contributed by atoms with van der Waals surface area (Å²) in [6.45, 7) is 5.11. The van der Waals surface area contributed by atoms with E-state index >= 15 is 0 Å². The van der Waals surface area contributed by atoms with Crippen molar-refractivity contribution in [2.45, 2.75) is 26.3 Å². The van der Waals surface area contributed by atoms with Crippen molar-refractivity contribution in [1.82, 2.24) is 15.0 Å². The summed E-state index contributed by atoms with van der Waals surface area (Å²) in [6, 6.07) is 14.7. The van der Waals surface area contributed by atoms with Crippen LogP contribution in [0.2, 0.25) is 4.47 Å². The van der Waals surface area contributed by atoms with Crippen molar-refractivity contribution in [3.8, 4) is 11.4 Å². The highest BCUT2D eigenvalue weighted by molar-refractivity contribution is 7.15. The molecule has 4 nitrogen and oxygen atoms in total. The highest BCUT2D eigenvalue weighted by Crippen LogP contribution is 2.25. The molecule has 2 aromatic heterocycles. The summed E-state index contributed by atoms with van der Waals surface area (Å²) in [5.74, 6) is 1.40. The molecular weight excluding hydrogens is 364 g/mol. The van der Waals surface area contributed by atoms with Gasteiger partial charge in [-0.1, -0.05) is 31.5 Å². The van der Waals surface area contributed by atoms with Crippen molar-refractivity contribution in [1.29, 1.82) is 0 Å². The Balaban J connectivity index is 1.51. The number of fused-ring (bicyclic) bond motifs is 1. The molecule has 4 rings (SSSR count). The minimum Gasteiger partial charge on any atom is -0.380 e. The summed E-state index contributed by atoms with van der Waals surface area (Å²) in [6.07, 6.45) is 1.80. The van der Waals surface area contributed by atoms with Crippen LogP contribution in [-0.2, 0) is 6.54 Å². The fourth-order valence-corrected chi connectivity index (χ4v) is 3.74.